The van der Waals surface area contributed by atoms with Gasteiger partial charge in [0, 0.05) is 5.02 Å². The van der Waals surface area contributed by atoms with E-state index in [0.717, 1.165) is 17.3 Å². The molecule has 0 saturated carbocycles. The zero-order chi connectivity index (χ0) is 11.7. The van der Waals surface area contributed by atoms with Crippen molar-refractivity contribution in [3.05, 3.63) is 40.4 Å². The third kappa shape index (κ3) is 1.94. The summed E-state index contributed by atoms with van der Waals surface area (Å²) in [6.45, 7) is 3.66. The van der Waals surface area contributed by atoms with E-state index in [1.54, 1.807) is 16.8 Å². The Labute approximate surface area is 98.5 Å². The molecule has 1 N–H and O–H groups in total. The summed E-state index contributed by atoms with van der Waals surface area (Å²) in [5, 5.41) is 13.8. The van der Waals surface area contributed by atoms with Gasteiger partial charge in [-0.3, -0.25) is 0 Å². The maximum atomic E-state index is 9.02. The Morgan fingerprint density at radius 2 is 2.12 bits per heavy atom. The summed E-state index contributed by atoms with van der Waals surface area (Å²) in [5.74, 6) is 1.53. The van der Waals surface area contributed by atoms with Crippen LogP contribution in [0.25, 0.3) is 5.69 Å². The van der Waals surface area contributed by atoms with Crippen molar-refractivity contribution in [1.82, 2.24) is 14.8 Å². The van der Waals surface area contributed by atoms with Gasteiger partial charge in [0.1, 0.15) is 11.6 Å². The van der Waals surface area contributed by atoms with Crippen molar-refractivity contribution in [2.24, 2.45) is 0 Å². The summed E-state index contributed by atoms with van der Waals surface area (Å²) in [5.41, 5.74) is 1.56. The monoisotopic (exact) mass is 237 g/mol. The number of rotatable bonds is 2. The van der Waals surface area contributed by atoms with Gasteiger partial charge in [-0.2, -0.15) is 5.10 Å². The quantitative estimate of drug-likeness (QED) is 0.870. The summed E-state index contributed by atoms with van der Waals surface area (Å²) in [6.07, 6.45) is 0. The Morgan fingerprint density at radius 1 is 1.38 bits per heavy atom. The lowest BCUT2D eigenvalue weighted by Crippen LogP contribution is -2.00. The van der Waals surface area contributed by atoms with Crippen LogP contribution >= 0.6 is 11.6 Å². The maximum absolute atomic E-state index is 9.02. The molecule has 1 heterocycles. The van der Waals surface area contributed by atoms with Crippen molar-refractivity contribution < 1.29 is 5.11 Å². The molecule has 1 aromatic heterocycles. The molecule has 0 spiro atoms. The minimum absolute atomic E-state index is 0.0610. The van der Waals surface area contributed by atoms with Crippen molar-refractivity contribution in [2.45, 2.75) is 20.5 Å². The second kappa shape index (κ2) is 4.23. The molecule has 0 radical (unpaired) electrons. The number of aliphatic hydroxyl groups is 1. The molecule has 0 amide bonds. The van der Waals surface area contributed by atoms with Crippen LogP contribution in [0, 0.1) is 13.8 Å². The molecule has 2 rings (SSSR count). The molecular formula is C11H12ClN3O. The first kappa shape index (κ1) is 11.1. The topological polar surface area (TPSA) is 50.9 Å². The molecule has 0 aliphatic carbocycles. The molecule has 84 valence electrons. The lowest BCUT2D eigenvalue weighted by molar-refractivity contribution is 0.282. The van der Waals surface area contributed by atoms with Crippen molar-refractivity contribution >= 4 is 11.6 Å². The third-order valence-corrected chi connectivity index (χ3v) is 2.68. The van der Waals surface area contributed by atoms with Gasteiger partial charge in [-0.15, -0.1) is 0 Å². The number of aryl methyl sites for hydroxylation is 2. The number of hydrogen-bond acceptors (Lipinski definition) is 3. The van der Waals surface area contributed by atoms with Gasteiger partial charge in [0.2, 0.25) is 0 Å². The second-order valence-corrected chi connectivity index (χ2v) is 3.96. The van der Waals surface area contributed by atoms with Gasteiger partial charge in [-0.05, 0) is 31.5 Å². The zero-order valence-electron chi connectivity index (χ0n) is 9.11. The van der Waals surface area contributed by atoms with E-state index in [4.69, 9.17) is 16.7 Å². The lowest BCUT2D eigenvalue weighted by atomic mass is 10.2. The van der Waals surface area contributed by atoms with E-state index in [-0.39, 0.29) is 6.61 Å². The van der Waals surface area contributed by atoms with Gasteiger partial charge in [0.15, 0.2) is 0 Å². The number of aliphatic hydroxyl groups excluding tert-OH is 1. The van der Waals surface area contributed by atoms with Gasteiger partial charge < -0.3 is 5.11 Å². The highest BCUT2D eigenvalue weighted by Crippen LogP contribution is 2.20. The molecule has 16 heavy (non-hydrogen) atoms. The smallest absolute Gasteiger partial charge is 0.148 e. The molecule has 2 aromatic rings. The second-order valence-electron chi connectivity index (χ2n) is 3.55. The summed E-state index contributed by atoms with van der Waals surface area (Å²) in [4.78, 5) is 4.22. The predicted octanol–water partition coefficient (Wildman–Crippen LogP) is 2.03. The fourth-order valence-electron chi connectivity index (χ4n) is 1.56. The molecular weight excluding hydrogens is 226 g/mol. The van der Waals surface area contributed by atoms with Crippen molar-refractivity contribution in [3.8, 4) is 5.69 Å². The van der Waals surface area contributed by atoms with Crippen LogP contribution < -0.4 is 0 Å². The minimum Gasteiger partial charge on any atom is -0.392 e. The number of halogens is 1. The van der Waals surface area contributed by atoms with Crippen LogP contribution in [0.15, 0.2) is 18.2 Å². The number of hydrogen-bond donors (Lipinski definition) is 1. The van der Waals surface area contributed by atoms with E-state index in [0.29, 0.717) is 10.6 Å². The van der Waals surface area contributed by atoms with Crippen LogP contribution in [-0.2, 0) is 6.61 Å². The molecule has 4 nitrogen and oxygen atoms in total. The normalized spacial score (nSPS) is 10.8. The Bertz CT molecular complexity index is 522. The van der Waals surface area contributed by atoms with E-state index in [2.05, 4.69) is 10.1 Å². The first-order chi connectivity index (χ1) is 7.61. The van der Waals surface area contributed by atoms with Crippen LogP contribution in [0.5, 0.6) is 0 Å². The van der Waals surface area contributed by atoms with Crippen LogP contribution in [0.1, 0.15) is 17.2 Å². The van der Waals surface area contributed by atoms with E-state index in [9.17, 15) is 0 Å². The SMILES string of the molecule is Cc1nc(C)n(-c2ccc(CO)c(Cl)c2)n1. The highest BCUT2D eigenvalue weighted by molar-refractivity contribution is 6.31. The lowest BCUT2D eigenvalue weighted by Gasteiger charge is -2.06. The Morgan fingerprint density at radius 3 is 2.62 bits per heavy atom. The van der Waals surface area contributed by atoms with Crippen LogP contribution in [0.4, 0.5) is 0 Å². The van der Waals surface area contributed by atoms with Crippen LogP contribution in [0.2, 0.25) is 5.02 Å². The molecule has 0 fully saturated rings. The van der Waals surface area contributed by atoms with Crippen LogP contribution in [-0.4, -0.2) is 19.9 Å². The van der Waals surface area contributed by atoms with E-state index >= 15 is 0 Å². The number of nitrogens with zero attached hydrogens (tertiary/aromatic N) is 3. The van der Waals surface area contributed by atoms with Gasteiger partial charge in [0.25, 0.3) is 0 Å². The molecule has 5 heteroatoms. The number of benzene rings is 1. The number of aromatic nitrogens is 3. The molecule has 0 atom stereocenters. The fraction of sp³-hybridized carbons (Fsp3) is 0.273. The Balaban J connectivity index is 2.49. The average molecular weight is 238 g/mol. The summed E-state index contributed by atoms with van der Waals surface area (Å²) >= 11 is 6.02. The van der Waals surface area contributed by atoms with Crippen LogP contribution in [0.3, 0.4) is 0 Å². The molecule has 0 aliphatic heterocycles. The van der Waals surface area contributed by atoms with Crippen molar-refractivity contribution in [3.63, 3.8) is 0 Å². The van der Waals surface area contributed by atoms with Gasteiger partial charge in [-0.25, -0.2) is 9.67 Å². The minimum atomic E-state index is -0.0610. The average Bonchev–Trinajstić information content (AvgIpc) is 2.58. The first-order valence-electron chi connectivity index (χ1n) is 4.91. The van der Waals surface area contributed by atoms with Crippen molar-refractivity contribution in [1.29, 1.82) is 0 Å². The molecule has 1 aromatic carbocycles. The van der Waals surface area contributed by atoms with E-state index in [1.165, 1.54) is 0 Å². The van der Waals surface area contributed by atoms with Gasteiger partial charge >= 0.3 is 0 Å². The first-order valence-corrected chi connectivity index (χ1v) is 5.29. The van der Waals surface area contributed by atoms with Gasteiger partial charge in [-0.1, -0.05) is 17.7 Å². The predicted molar refractivity (Wildman–Crippen MR) is 61.8 cm³/mol. The summed E-state index contributed by atoms with van der Waals surface area (Å²) < 4.78 is 1.72. The molecule has 0 aliphatic rings. The summed E-state index contributed by atoms with van der Waals surface area (Å²) in [6, 6.07) is 5.42. The Hall–Kier alpha value is -1.39. The fourth-order valence-corrected chi connectivity index (χ4v) is 1.80. The molecule has 0 saturated heterocycles. The highest BCUT2D eigenvalue weighted by atomic mass is 35.5. The molecule has 0 bridgehead atoms. The maximum Gasteiger partial charge on any atom is 0.148 e. The van der Waals surface area contributed by atoms with E-state index in [1.807, 2.05) is 19.9 Å². The Kier molecular flexibility index (Phi) is 2.94. The zero-order valence-corrected chi connectivity index (χ0v) is 9.86. The van der Waals surface area contributed by atoms with Gasteiger partial charge in [0.05, 0.1) is 12.3 Å². The van der Waals surface area contributed by atoms with E-state index < -0.39 is 0 Å². The largest absolute Gasteiger partial charge is 0.392 e. The highest BCUT2D eigenvalue weighted by Gasteiger charge is 2.07. The van der Waals surface area contributed by atoms with Crippen molar-refractivity contribution in [2.75, 3.05) is 0 Å². The summed E-state index contributed by atoms with van der Waals surface area (Å²) in [7, 11) is 0. The molecule has 0 unspecified atom stereocenters. The standard InChI is InChI=1S/C11H12ClN3O/c1-7-13-8(2)15(14-7)10-4-3-9(6-16)11(12)5-10/h3-5,16H,6H2,1-2H3. The third-order valence-electron chi connectivity index (χ3n) is 2.33.